The normalized spacial score (nSPS) is 21.7. The largest absolute Gasteiger partial charge is 0.343 e. The number of rotatable bonds is 4. The van der Waals surface area contributed by atoms with Gasteiger partial charge in [-0.1, -0.05) is 29.8 Å². The molecule has 0 saturated carbocycles. The van der Waals surface area contributed by atoms with Crippen LogP contribution in [0, 0.1) is 12.8 Å². The van der Waals surface area contributed by atoms with Gasteiger partial charge in [-0.25, -0.2) is 0 Å². The van der Waals surface area contributed by atoms with Gasteiger partial charge in [-0.3, -0.25) is 9.59 Å². The van der Waals surface area contributed by atoms with Crippen LogP contribution in [0.2, 0.25) is 0 Å². The van der Waals surface area contributed by atoms with Gasteiger partial charge in [0, 0.05) is 26.6 Å². The quantitative estimate of drug-likeness (QED) is 0.853. The minimum Gasteiger partial charge on any atom is -0.343 e. The van der Waals surface area contributed by atoms with Gasteiger partial charge in [0.1, 0.15) is 0 Å². The van der Waals surface area contributed by atoms with Crippen LogP contribution in [0.1, 0.15) is 37.4 Å². The van der Waals surface area contributed by atoms with E-state index in [0.29, 0.717) is 19.5 Å². The van der Waals surface area contributed by atoms with E-state index < -0.39 is 0 Å². The molecule has 1 fully saturated rings. The van der Waals surface area contributed by atoms with Crippen molar-refractivity contribution in [2.24, 2.45) is 5.92 Å². The monoisotopic (exact) mass is 288 g/mol. The zero-order chi connectivity index (χ0) is 15.6. The van der Waals surface area contributed by atoms with E-state index in [-0.39, 0.29) is 23.8 Å². The Kier molecular flexibility index (Phi) is 4.66. The number of hydrogen-bond donors (Lipinski definition) is 0. The molecule has 4 nitrogen and oxygen atoms in total. The van der Waals surface area contributed by atoms with Crippen molar-refractivity contribution in [2.45, 2.75) is 33.2 Å². The molecule has 1 aromatic rings. The summed E-state index contributed by atoms with van der Waals surface area (Å²) in [6, 6.07) is 7.97. The zero-order valence-electron chi connectivity index (χ0n) is 13.3. The minimum absolute atomic E-state index is 0.0473. The first-order chi connectivity index (χ1) is 9.99. The Hall–Kier alpha value is -1.84. The van der Waals surface area contributed by atoms with Gasteiger partial charge in [0.15, 0.2) is 0 Å². The second-order valence-corrected chi connectivity index (χ2v) is 5.68. The van der Waals surface area contributed by atoms with E-state index >= 15 is 0 Å². The van der Waals surface area contributed by atoms with Crippen molar-refractivity contribution in [2.75, 3.05) is 20.1 Å². The van der Waals surface area contributed by atoms with E-state index in [1.165, 1.54) is 5.56 Å². The summed E-state index contributed by atoms with van der Waals surface area (Å²) in [4.78, 5) is 28.3. The summed E-state index contributed by atoms with van der Waals surface area (Å²) in [6.45, 7) is 7.35. The summed E-state index contributed by atoms with van der Waals surface area (Å²) in [5.74, 6) is -0.139. The van der Waals surface area contributed by atoms with E-state index in [0.717, 1.165) is 5.56 Å². The van der Waals surface area contributed by atoms with Crippen LogP contribution < -0.4 is 0 Å². The lowest BCUT2D eigenvalue weighted by Crippen LogP contribution is -2.38. The first-order valence-corrected chi connectivity index (χ1v) is 7.60. The van der Waals surface area contributed by atoms with E-state index in [2.05, 4.69) is 0 Å². The van der Waals surface area contributed by atoms with Gasteiger partial charge in [0.25, 0.3) is 0 Å². The highest BCUT2D eigenvalue weighted by Gasteiger charge is 2.43. The Labute approximate surface area is 126 Å². The molecule has 21 heavy (non-hydrogen) atoms. The Morgan fingerprint density at radius 1 is 1.24 bits per heavy atom. The highest BCUT2D eigenvalue weighted by atomic mass is 16.2. The van der Waals surface area contributed by atoms with E-state index in [9.17, 15) is 9.59 Å². The van der Waals surface area contributed by atoms with Crippen LogP contribution in [0.4, 0.5) is 0 Å². The number of carbonyl (C=O) groups is 2. The van der Waals surface area contributed by atoms with Crippen molar-refractivity contribution in [1.29, 1.82) is 0 Å². The molecule has 0 radical (unpaired) electrons. The molecule has 0 aromatic heterocycles. The number of carbonyl (C=O) groups excluding carboxylic acids is 2. The number of amides is 2. The maximum atomic E-state index is 12.7. The minimum atomic E-state index is -0.273. The SMILES string of the molecule is CCN(CC)C(=O)[C@H]1CC(=O)N(C)[C@@H]1c1ccc(C)cc1. The standard InChI is InChI=1S/C17H24N2O2/c1-5-19(6-2)17(21)14-11-15(20)18(4)16(14)13-9-7-12(3)8-10-13/h7-10,14,16H,5-6,11H2,1-4H3/t14-,16+/m0/s1. The van der Waals surface area contributed by atoms with E-state index in [4.69, 9.17) is 0 Å². The summed E-state index contributed by atoms with van der Waals surface area (Å²) in [7, 11) is 1.79. The lowest BCUT2D eigenvalue weighted by molar-refractivity contribution is -0.136. The molecule has 1 aliphatic rings. The van der Waals surface area contributed by atoms with Crippen molar-refractivity contribution in [3.63, 3.8) is 0 Å². The van der Waals surface area contributed by atoms with Gasteiger partial charge in [0.2, 0.25) is 11.8 Å². The average Bonchev–Trinajstić information content (AvgIpc) is 2.77. The van der Waals surface area contributed by atoms with Crippen molar-refractivity contribution < 1.29 is 9.59 Å². The smallest absolute Gasteiger partial charge is 0.228 e. The molecule has 1 saturated heterocycles. The average molecular weight is 288 g/mol. The first kappa shape index (κ1) is 15.5. The third kappa shape index (κ3) is 2.94. The van der Waals surface area contributed by atoms with Crippen LogP contribution in [0.5, 0.6) is 0 Å². The third-order valence-electron chi connectivity index (χ3n) is 4.40. The Morgan fingerprint density at radius 3 is 2.33 bits per heavy atom. The van der Waals surface area contributed by atoms with Gasteiger partial charge >= 0.3 is 0 Å². The summed E-state index contributed by atoms with van der Waals surface area (Å²) in [5, 5.41) is 0. The van der Waals surface area contributed by atoms with Gasteiger partial charge in [-0.15, -0.1) is 0 Å². The van der Waals surface area contributed by atoms with Gasteiger partial charge in [0.05, 0.1) is 12.0 Å². The van der Waals surface area contributed by atoms with Gasteiger partial charge < -0.3 is 9.80 Å². The molecule has 2 amide bonds. The molecule has 2 rings (SSSR count). The number of benzene rings is 1. The van der Waals surface area contributed by atoms with E-state index in [1.54, 1.807) is 11.9 Å². The lowest BCUT2D eigenvalue weighted by atomic mass is 9.92. The summed E-state index contributed by atoms with van der Waals surface area (Å²) in [5.41, 5.74) is 2.22. The molecule has 1 aliphatic heterocycles. The predicted octanol–water partition coefficient (Wildman–Crippen LogP) is 2.38. The fourth-order valence-electron chi connectivity index (χ4n) is 3.08. The molecule has 0 spiro atoms. The van der Waals surface area contributed by atoms with Crippen molar-refractivity contribution in [3.8, 4) is 0 Å². The van der Waals surface area contributed by atoms with Gasteiger partial charge in [-0.05, 0) is 26.3 Å². The third-order valence-corrected chi connectivity index (χ3v) is 4.40. The predicted molar refractivity (Wildman–Crippen MR) is 82.7 cm³/mol. The number of likely N-dealkylation sites (tertiary alicyclic amines) is 1. The topological polar surface area (TPSA) is 40.6 Å². The van der Waals surface area contributed by atoms with Crippen LogP contribution in [-0.4, -0.2) is 41.8 Å². The maximum absolute atomic E-state index is 12.7. The zero-order valence-corrected chi connectivity index (χ0v) is 13.3. The fourth-order valence-corrected chi connectivity index (χ4v) is 3.08. The molecule has 1 aromatic carbocycles. The molecular weight excluding hydrogens is 264 g/mol. The molecular formula is C17H24N2O2. The first-order valence-electron chi connectivity index (χ1n) is 7.60. The second-order valence-electron chi connectivity index (χ2n) is 5.68. The van der Waals surface area contributed by atoms with Crippen LogP contribution in [-0.2, 0) is 9.59 Å². The Balaban J connectivity index is 2.33. The molecule has 0 aliphatic carbocycles. The maximum Gasteiger partial charge on any atom is 0.228 e. The van der Waals surface area contributed by atoms with Crippen molar-refractivity contribution in [1.82, 2.24) is 9.80 Å². The molecule has 0 bridgehead atoms. The summed E-state index contributed by atoms with van der Waals surface area (Å²) < 4.78 is 0. The second kappa shape index (κ2) is 6.29. The number of nitrogens with zero attached hydrogens (tertiary/aromatic N) is 2. The molecule has 0 unspecified atom stereocenters. The highest BCUT2D eigenvalue weighted by molar-refractivity contribution is 5.90. The lowest BCUT2D eigenvalue weighted by Gasteiger charge is -2.28. The fraction of sp³-hybridized carbons (Fsp3) is 0.529. The van der Waals surface area contributed by atoms with Crippen molar-refractivity contribution in [3.05, 3.63) is 35.4 Å². The highest BCUT2D eigenvalue weighted by Crippen LogP contribution is 2.38. The number of aryl methyl sites for hydroxylation is 1. The van der Waals surface area contributed by atoms with E-state index in [1.807, 2.05) is 49.9 Å². The molecule has 1 heterocycles. The van der Waals surface area contributed by atoms with Crippen LogP contribution in [0.25, 0.3) is 0 Å². The molecule has 0 N–H and O–H groups in total. The van der Waals surface area contributed by atoms with Crippen LogP contribution in [0.15, 0.2) is 24.3 Å². The van der Waals surface area contributed by atoms with Crippen LogP contribution >= 0.6 is 0 Å². The molecule has 4 heteroatoms. The Bertz CT molecular complexity index is 520. The number of hydrogen-bond acceptors (Lipinski definition) is 2. The molecule has 114 valence electrons. The summed E-state index contributed by atoms with van der Waals surface area (Å²) >= 11 is 0. The van der Waals surface area contributed by atoms with Crippen LogP contribution in [0.3, 0.4) is 0 Å². The Morgan fingerprint density at radius 2 is 1.81 bits per heavy atom. The van der Waals surface area contributed by atoms with Gasteiger partial charge in [-0.2, -0.15) is 0 Å². The van der Waals surface area contributed by atoms with Crippen molar-refractivity contribution >= 4 is 11.8 Å². The molecule has 2 atom stereocenters. The summed E-state index contributed by atoms with van der Waals surface area (Å²) in [6.07, 6.45) is 0.310.